The Balaban J connectivity index is 1.88. The molecule has 6 heteroatoms. The largest absolute Gasteiger partial charge is 0.368 e. The summed E-state index contributed by atoms with van der Waals surface area (Å²) in [4.78, 5) is 22.3. The highest BCUT2D eigenvalue weighted by Crippen LogP contribution is 2.31. The van der Waals surface area contributed by atoms with Crippen LogP contribution in [0.15, 0.2) is 48.8 Å². The molecule has 0 bridgehead atoms. The molecule has 0 fully saturated rings. The van der Waals surface area contributed by atoms with Crippen molar-refractivity contribution in [2.24, 2.45) is 5.73 Å². The van der Waals surface area contributed by atoms with E-state index in [1.165, 1.54) is 18.5 Å². The summed E-state index contributed by atoms with van der Waals surface area (Å²) in [6.07, 6.45) is 1.93. The van der Waals surface area contributed by atoms with E-state index in [1.807, 2.05) is 29.2 Å². The van der Waals surface area contributed by atoms with Gasteiger partial charge < -0.3 is 10.6 Å². The Labute approximate surface area is 137 Å². The summed E-state index contributed by atoms with van der Waals surface area (Å²) in [5.41, 5.74) is 8.46. The normalized spacial score (nSPS) is 16.9. The van der Waals surface area contributed by atoms with Gasteiger partial charge in [-0.25, -0.2) is 14.4 Å². The molecule has 1 amide bonds. The number of nitrogens with zero attached hydrogens (tertiary/aromatic N) is 3. The van der Waals surface area contributed by atoms with Gasteiger partial charge in [-0.15, -0.1) is 0 Å². The van der Waals surface area contributed by atoms with Gasteiger partial charge in [-0.05, 0) is 29.3 Å². The van der Waals surface area contributed by atoms with Gasteiger partial charge >= 0.3 is 0 Å². The van der Waals surface area contributed by atoms with Gasteiger partial charge in [0.25, 0.3) is 0 Å². The maximum absolute atomic E-state index is 13.7. The molecule has 3 aromatic rings. The second kappa shape index (κ2) is 5.56. The van der Waals surface area contributed by atoms with Crippen LogP contribution >= 0.6 is 0 Å². The van der Waals surface area contributed by atoms with E-state index in [-0.39, 0.29) is 5.82 Å². The standard InChI is InChI=1S/C18H15FN4O/c19-13-5-6-15-14(8-13)18(22-10-21-15)23-9-12-4-2-1-3-11(12)7-16(23)17(20)24/h1-6,8,10,16H,7,9H2,(H2,20,24)/t16-/m0/s1. The highest BCUT2D eigenvalue weighted by Gasteiger charge is 2.31. The van der Waals surface area contributed by atoms with Crippen molar-refractivity contribution in [3.05, 3.63) is 65.7 Å². The third kappa shape index (κ3) is 2.36. The molecule has 4 rings (SSSR count). The predicted molar refractivity (Wildman–Crippen MR) is 88.8 cm³/mol. The number of primary amides is 1. The molecule has 24 heavy (non-hydrogen) atoms. The minimum atomic E-state index is -0.527. The third-order valence-corrected chi connectivity index (χ3v) is 4.43. The van der Waals surface area contributed by atoms with Crippen LogP contribution in [0.4, 0.5) is 10.2 Å². The number of halogens is 1. The van der Waals surface area contributed by atoms with Crippen LogP contribution in [0.2, 0.25) is 0 Å². The monoisotopic (exact) mass is 322 g/mol. The molecule has 2 heterocycles. The lowest BCUT2D eigenvalue weighted by Gasteiger charge is -2.36. The molecule has 120 valence electrons. The van der Waals surface area contributed by atoms with Gasteiger partial charge in [0.05, 0.1) is 5.52 Å². The second-order valence-corrected chi connectivity index (χ2v) is 5.88. The second-order valence-electron chi connectivity index (χ2n) is 5.88. The highest BCUT2D eigenvalue weighted by atomic mass is 19.1. The molecule has 0 saturated carbocycles. The maximum Gasteiger partial charge on any atom is 0.240 e. The van der Waals surface area contributed by atoms with Gasteiger partial charge in [0, 0.05) is 18.4 Å². The number of rotatable bonds is 2. The summed E-state index contributed by atoms with van der Waals surface area (Å²) in [7, 11) is 0. The van der Waals surface area contributed by atoms with Crippen LogP contribution in [0.25, 0.3) is 10.9 Å². The molecule has 2 aromatic carbocycles. The molecule has 0 unspecified atom stereocenters. The Morgan fingerprint density at radius 2 is 1.96 bits per heavy atom. The summed E-state index contributed by atoms with van der Waals surface area (Å²) in [6, 6.07) is 11.7. The van der Waals surface area contributed by atoms with E-state index in [0.29, 0.717) is 29.7 Å². The molecule has 1 aliphatic heterocycles. The lowest BCUT2D eigenvalue weighted by Crippen LogP contribution is -2.49. The zero-order valence-electron chi connectivity index (χ0n) is 12.8. The molecule has 1 aromatic heterocycles. The van der Waals surface area contributed by atoms with E-state index >= 15 is 0 Å². The van der Waals surface area contributed by atoms with Crippen molar-refractivity contribution in [2.45, 2.75) is 19.0 Å². The van der Waals surface area contributed by atoms with Crippen molar-refractivity contribution in [3.8, 4) is 0 Å². The van der Waals surface area contributed by atoms with Crippen molar-refractivity contribution in [1.29, 1.82) is 0 Å². The molecule has 5 nitrogen and oxygen atoms in total. The van der Waals surface area contributed by atoms with Gasteiger partial charge in [0.15, 0.2) is 0 Å². The number of aromatic nitrogens is 2. The summed E-state index contributed by atoms with van der Waals surface area (Å²) >= 11 is 0. The zero-order valence-corrected chi connectivity index (χ0v) is 12.8. The Morgan fingerprint density at radius 3 is 2.75 bits per heavy atom. The van der Waals surface area contributed by atoms with Gasteiger partial charge in [-0.1, -0.05) is 24.3 Å². The van der Waals surface area contributed by atoms with E-state index in [2.05, 4.69) is 9.97 Å². The average Bonchev–Trinajstić information content (AvgIpc) is 2.60. The van der Waals surface area contributed by atoms with E-state index < -0.39 is 11.9 Å². The Bertz CT molecular complexity index is 943. The molecule has 0 saturated heterocycles. The molecule has 0 radical (unpaired) electrons. The first-order valence-corrected chi connectivity index (χ1v) is 7.66. The minimum Gasteiger partial charge on any atom is -0.368 e. The SMILES string of the molecule is NC(=O)[C@@H]1Cc2ccccc2CN1c1ncnc2ccc(F)cc12. The van der Waals surface area contributed by atoms with Crippen molar-refractivity contribution < 1.29 is 9.18 Å². The number of anilines is 1. The number of carbonyl (C=O) groups is 1. The van der Waals surface area contributed by atoms with Crippen molar-refractivity contribution in [1.82, 2.24) is 9.97 Å². The van der Waals surface area contributed by atoms with Crippen LogP contribution in [0.3, 0.4) is 0 Å². The van der Waals surface area contributed by atoms with E-state index in [0.717, 1.165) is 11.1 Å². The number of nitrogens with two attached hydrogens (primary N) is 1. The fourth-order valence-electron chi connectivity index (χ4n) is 3.24. The van der Waals surface area contributed by atoms with E-state index in [4.69, 9.17) is 5.73 Å². The zero-order chi connectivity index (χ0) is 16.7. The van der Waals surface area contributed by atoms with E-state index in [9.17, 15) is 9.18 Å². The quantitative estimate of drug-likeness (QED) is 0.785. The third-order valence-electron chi connectivity index (χ3n) is 4.43. The van der Waals surface area contributed by atoms with Crippen LogP contribution in [0.1, 0.15) is 11.1 Å². The smallest absolute Gasteiger partial charge is 0.240 e. The highest BCUT2D eigenvalue weighted by molar-refractivity contribution is 5.93. The number of hydrogen-bond donors (Lipinski definition) is 1. The fraction of sp³-hybridized carbons (Fsp3) is 0.167. The number of hydrogen-bond acceptors (Lipinski definition) is 4. The molecule has 2 N–H and O–H groups in total. The lowest BCUT2D eigenvalue weighted by molar-refractivity contribution is -0.119. The number of amides is 1. The number of benzene rings is 2. The van der Waals surface area contributed by atoms with Gasteiger partial charge in [0.1, 0.15) is 24.0 Å². The summed E-state index contributed by atoms with van der Waals surface area (Å²) < 4.78 is 13.7. The minimum absolute atomic E-state index is 0.369. The fourth-order valence-corrected chi connectivity index (χ4v) is 3.24. The Hall–Kier alpha value is -3.02. The lowest BCUT2D eigenvalue weighted by atomic mass is 9.93. The molecule has 0 spiro atoms. The molecular weight excluding hydrogens is 307 g/mol. The first-order valence-electron chi connectivity index (χ1n) is 7.66. The maximum atomic E-state index is 13.7. The molecule has 1 aliphatic rings. The number of fused-ring (bicyclic) bond motifs is 2. The molecule has 0 aliphatic carbocycles. The molecule has 1 atom stereocenters. The summed E-state index contributed by atoms with van der Waals surface area (Å²) in [5, 5.41) is 0.572. The van der Waals surface area contributed by atoms with Crippen LogP contribution in [-0.2, 0) is 17.8 Å². The first kappa shape index (κ1) is 14.6. The van der Waals surface area contributed by atoms with Crippen LogP contribution in [0.5, 0.6) is 0 Å². The summed E-state index contributed by atoms with van der Waals surface area (Å²) in [5.74, 6) is -0.267. The van der Waals surface area contributed by atoms with Crippen molar-refractivity contribution in [3.63, 3.8) is 0 Å². The predicted octanol–water partition coefficient (Wildman–Crippen LogP) is 2.19. The number of carbonyl (C=O) groups excluding carboxylic acids is 1. The summed E-state index contributed by atoms with van der Waals surface area (Å²) in [6.45, 7) is 0.492. The van der Waals surface area contributed by atoms with Crippen LogP contribution < -0.4 is 10.6 Å². The van der Waals surface area contributed by atoms with Gasteiger partial charge in [-0.2, -0.15) is 0 Å². The van der Waals surface area contributed by atoms with Gasteiger partial charge in [-0.3, -0.25) is 4.79 Å². The van der Waals surface area contributed by atoms with Crippen LogP contribution in [-0.4, -0.2) is 21.9 Å². The van der Waals surface area contributed by atoms with Crippen LogP contribution in [0, 0.1) is 5.82 Å². The Kier molecular flexibility index (Phi) is 3.37. The van der Waals surface area contributed by atoms with Crippen molar-refractivity contribution >= 4 is 22.6 Å². The van der Waals surface area contributed by atoms with Crippen molar-refractivity contribution in [2.75, 3.05) is 4.90 Å². The topological polar surface area (TPSA) is 72.1 Å². The first-order chi connectivity index (χ1) is 11.6. The molecular formula is C18H15FN4O. The van der Waals surface area contributed by atoms with Gasteiger partial charge in [0.2, 0.25) is 5.91 Å². The van der Waals surface area contributed by atoms with E-state index in [1.54, 1.807) is 6.07 Å². The average molecular weight is 322 g/mol. The Morgan fingerprint density at radius 1 is 1.17 bits per heavy atom.